The van der Waals surface area contributed by atoms with Gasteiger partial charge >= 0.3 is 0 Å². The lowest BCUT2D eigenvalue weighted by molar-refractivity contribution is 0.362. The van der Waals surface area contributed by atoms with Crippen molar-refractivity contribution in [2.45, 2.75) is 10.8 Å². The van der Waals surface area contributed by atoms with E-state index < -0.39 is 4.33 Å². The highest BCUT2D eigenvalue weighted by molar-refractivity contribution is 6.50. The van der Waals surface area contributed by atoms with Crippen molar-refractivity contribution in [1.82, 2.24) is 0 Å². The quantitative estimate of drug-likeness (QED) is 0.816. The Hall–Kier alpha value is -0.830. The summed E-state index contributed by atoms with van der Waals surface area (Å²) in [5.74, 6) is 0.583. The number of ether oxygens (including phenoxy) is 1. The molecule has 5 heteroatoms. The molecule has 0 unspecified atom stereocenters. The molecule has 2 rings (SSSR count). The van der Waals surface area contributed by atoms with Gasteiger partial charge in [-0.25, -0.2) is 0 Å². The smallest absolute Gasteiger partial charge is 0.178 e. The third kappa shape index (κ3) is 2.89. The summed E-state index contributed by atoms with van der Waals surface area (Å²) < 4.78 is 4.38. The lowest BCUT2D eigenvalue weighted by Gasteiger charge is -2.24. The molecule has 0 saturated heterocycles. The fraction of sp³-hybridized carbons (Fsp3) is 0.167. The molecular weight excluding hydrogens is 282 g/mol. The molecule has 1 aliphatic rings. The standard InChI is InChI=1S/C12H9Cl3O2/c13-8-4-5-10(9(16)7-8)17-11-3-1-2-6-12(11,14)15/h1-5,7,16H,6H2. The summed E-state index contributed by atoms with van der Waals surface area (Å²) in [5, 5.41) is 10.1. The summed E-state index contributed by atoms with van der Waals surface area (Å²) in [6.07, 6.45) is 5.76. The highest BCUT2D eigenvalue weighted by atomic mass is 35.5. The van der Waals surface area contributed by atoms with E-state index in [0.717, 1.165) is 0 Å². The molecule has 0 bridgehead atoms. The zero-order chi connectivity index (χ0) is 12.5. The number of phenolic OH excluding ortho intramolecular Hbond substituents is 1. The van der Waals surface area contributed by atoms with Crippen molar-refractivity contribution >= 4 is 34.8 Å². The van der Waals surface area contributed by atoms with E-state index in [9.17, 15) is 5.11 Å². The van der Waals surface area contributed by atoms with Crippen LogP contribution in [0.5, 0.6) is 11.5 Å². The third-order valence-corrected chi connectivity index (χ3v) is 3.18. The molecule has 17 heavy (non-hydrogen) atoms. The number of benzene rings is 1. The van der Waals surface area contributed by atoms with Crippen molar-refractivity contribution in [2.75, 3.05) is 0 Å². The van der Waals surface area contributed by atoms with Crippen LogP contribution >= 0.6 is 34.8 Å². The van der Waals surface area contributed by atoms with E-state index in [0.29, 0.717) is 17.2 Å². The second-order valence-electron chi connectivity index (χ2n) is 3.58. The van der Waals surface area contributed by atoms with Crippen molar-refractivity contribution in [3.8, 4) is 11.5 Å². The van der Waals surface area contributed by atoms with Crippen LogP contribution in [0.15, 0.2) is 42.2 Å². The third-order valence-electron chi connectivity index (χ3n) is 2.26. The summed E-state index contributed by atoms with van der Waals surface area (Å²) in [7, 11) is 0. The SMILES string of the molecule is Oc1cc(Cl)ccc1OC1=CC=CCC1(Cl)Cl. The van der Waals surface area contributed by atoms with Crippen molar-refractivity contribution in [1.29, 1.82) is 0 Å². The Morgan fingerprint density at radius 3 is 2.71 bits per heavy atom. The van der Waals surface area contributed by atoms with Crippen LogP contribution in [-0.2, 0) is 0 Å². The highest BCUT2D eigenvalue weighted by Crippen LogP contribution is 2.40. The lowest BCUT2D eigenvalue weighted by atomic mass is 10.1. The summed E-state index contributed by atoms with van der Waals surface area (Å²) in [4.78, 5) is 0. The van der Waals surface area contributed by atoms with Gasteiger partial charge in [0.25, 0.3) is 0 Å². The van der Waals surface area contributed by atoms with Gasteiger partial charge in [-0.1, -0.05) is 47.0 Å². The maximum Gasteiger partial charge on any atom is 0.178 e. The average molecular weight is 292 g/mol. The number of halogens is 3. The van der Waals surface area contributed by atoms with Crippen molar-refractivity contribution in [2.24, 2.45) is 0 Å². The fourth-order valence-electron chi connectivity index (χ4n) is 1.40. The minimum absolute atomic E-state index is 0.0583. The maximum atomic E-state index is 9.65. The molecule has 0 fully saturated rings. The average Bonchev–Trinajstić information content (AvgIpc) is 2.24. The number of hydrogen-bond acceptors (Lipinski definition) is 2. The number of phenols is 1. The van der Waals surface area contributed by atoms with Gasteiger partial charge in [0.1, 0.15) is 5.76 Å². The number of alkyl halides is 2. The molecule has 0 atom stereocenters. The molecular formula is C12H9Cl3O2. The van der Waals surface area contributed by atoms with E-state index in [1.807, 2.05) is 6.08 Å². The zero-order valence-corrected chi connectivity index (χ0v) is 10.9. The van der Waals surface area contributed by atoms with Gasteiger partial charge in [-0.2, -0.15) is 0 Å². The summed E-state index contributed by atoms with van der Waals surface area (Å²) in [5.41, 5.74) is 0. The van der Waals surface area contributed by atoms with E-state index in [1.54, 1.807) is 24.3 Å². The molecule has 0 aliphatic heterocycles. The van der Waals surface area contributed by atoms with Gasteiger partial charge in [0, 0.05) is 17.5 Å². The molecule has 90 valence electrons. The molecule has 0 spiro atoms. The van der Waals surface area contributed by atoms with E-state index in [1.165, 1.54) is 6.07 Å². The molecule has 1 aliphatic carbocycles. The summed E-state index contributed by atoms with van der Waals surface area (Å²) >= 11 is 17.9. The van der Waals surface area contributed by atoms with Crippen LogP contribution in [0, 0.1) is 0 Å². The maximum absolute atomic E-state index is 9.65. The lowest BCUT2D eigenvalue weighted by Crippen LogP contribution is -2.21. The van der Waals surface area contributed by atoms with Gasteiger partial charge in [-0.15, -0.1) is 0 Å². The van der Waals surface area contributed by atoms with E-state index in [2.05, 4.69) is 0 Å². The number of rotatable bonds is 2. The normalized spacial score (nSPS) is 17.7. The van der Waals surface area contributed by atoms with Crippen LogP contribution in [-0.4, -0.2) is 9.44 Å². The van der Waals surface area contributed by atoms with Crippen LogP contribution in [0.4, 0.5) is 0 Å². The highest BCUT2D eigenvalue weighted by Gasteiger charge is 2.32. The summed E-state index contributed by atoms with van der Waals surface area (Å²) in [6, 6.07) is 4.56. The van der Waals surface area contributed by atoms with Crippen LogP contribution in [0.3, 0.4) is 0 Å². The van der Waals surface area contributed by atoms with Gasteiger partial charge in [-0.05, 0) is 18.2 Å². The first-order valence-electron chi connectivity index (χ1n) is 4.90. The van der Waals surface area contributed by atoms with Crippen LogP contribution in [0.25, 0.3) is 0 Å². The Labute approximate surface area is 114 Å². The van der Waals surface area contributed by atoms with Gasteiger partial charge in [-0.3, -0.25) is 0 Å². The number of hydrogen-bond donors (Lipinski definition) is 1. The topological polar surface area (TPSA) is 29.5 Å². The Morgan fingerprint density at radius 1 is 1.29 bits per heavy atom. The molecule has 0 amide bonds. The molecule has 1 aromatic carbocycles. The molecule has 0 aromatic heterocycles. The van der Waals surface area contributed by atoms with Crippen LogP contribution in [0.1, 0.15) is 6.42 Å². The van der Waals surface area contributed by atoms with Gasteiger partial charge in [0.2, 0.25) is 0 Å². The van der Waals surface area contributed by atoms with E-state index >= 15 is 0 Å². The summed E-state index contributed by atoms with van der Waals surface area (Å²) in [6.45, 7) is 0. The van der Waals surface area contributed by atoms with Crippen molar-refractivity contribution in [3.63, 3.8) is 0 Å². The Morgan fingerprint density at radius 2 is 2.06 bits per heavy atom. The number of allylic oxidation sites excluding steroid dienone is 4. The first-order chi connectivity index (χ1) is 7.99. The second kappa shape index (κ2) is 4.81. The van der Waals surface area contributed by atoms with Crippen LogP contribution in [0.2, 0.25) is 5.02 Å². The predicted octanol–water partition coefficient (Wildman–Crippen LogP) is 4.44. The first-order valence-corrected chi connectivity index (χ1v) is 6.04. The monoisotopic (exact) mass is 290 g/mol. The second-order valence-corrected chi connectivity index (χ2v) is 5.50. The Balaban J connectivity index is 2.26. The molecule has 0 saturated carbocycles. The minimum Gasteiger partial charge on any atom is -0.504 e. The van der Waals surface area contributed by atoms with Gasteiger partial charge < -0.3 is 9.84 Å². The molecule has 1 N–H and O–H groups in total. The Bertz CT molecular complexity index is 493. The predicted molar refractivity (Wildman–Crippen MR) is 70.0 cm³/mol. The molecule has 0 radical (unpaired) electrons. The molecule has 2 nitrogen and oxygen atoms in total. The number of aromatic hydroxyl groups is 1. The Kier molecular flexibility index (Phi) is 3.57. The van der Waals surface area contributed by atoms with E-state index in [4.69, 9.17) is 39.5 Å². The fourth-order valence-corrected chi connectivity index (χ4v) is 1.95. The molecule has 0 heterocycles. The largest absolute Gasteiger partial charge is 0.504 e. The minimum atomic E-state index is -1.11. The van der Waals surface area contributed by atoms with Gasteiger partial charge in [0.15, 0.2) is 15.8 Å². The first kappa shape index (κ1) is 12.6. The molecule has 1 aromatic rings. The van der Waals surface area contributed by atoms with Crippen LogP contribution < -0.4 is 4.74 Å². The zero-order valence-electron chi connectivity index (χ0n) is 8.66. The van der Waals surface area contributed by atoms with Crippen molar-refractivity contribution in [3.05, 3.63) is 47.2 Å². The van der Waals surface area contributed by atoms with Gasteiger partial charge in [0.05, 0.1) is 0 Å². The van der Waals surface area contributed by atoms with E-state index in [-0.39, 0.29) is 11.5 Å². The van der Waals surface area contributed by atoms with Crippen molar-refractivity contribution < 1.29 is 9.84 Å².